The van der Waals surface area contributed by atoms with E-state index in [0.717, 1.165) is 0 Å². The zero-order valence-electron chi connectivity index (χ0n) is 10.7. The van der Waals surface area contributed by atoms with Gasteiger partial charge >= 0.3 is 0 Å². The molecule has 0 aliphatic heterocycles. The molecule has 1 amide bonds. The number of nitrogens with two attached hydrogens (primary N) is 1. The quantitative estimate of drug-likeness (QED) is 0.491. The Bertz CT molecular complexity index is 593. The third-order valence-corrected chi connectivity index (χ3v) is 2.76. The van der Waals surface area contributed by atoms with Gasteiger partial charge in [0.05, 0.1) is 19.9 Å². The van der Waals surface area contributed by atoms with Crippen LogP contribution in [0.1, 0.15) is 10.5 Å². The Morgan fingerprint density at radius 2 is 2.05 bits per heavy atom. The highest BCUT2D eigenvalue weighted by Crippen LogP contribution is 2.28. The van der Waals surface area contributed by atoms with Crippen LogP contribution < -0.4 is 20.7 Å². The molecule has 1 aromatic heterocycles. The molecular weight excluding hydrogens is 246 g/mol. The van der Waals surface area contributed by atoms with Crippen LogP contribution in [-0.2, 0) is 0 Å². The van der Waals surface area contributed by atoms with Crippen LogP contribution in [0.25, 0.3) is 5.69 Å². The van der Waals surface area contributed by atoms with E-state index in [9.17, 15) is 4.79 Å². The highest BCUT2D eigenvalue weighted by atomic mass is 16.5. The smallest absolute Gasteiger partial charge is 0.282 e. The number of hydrogen-bond acceptors (Lipinski definition) is 4. The molecule has 100 valence electrons. The minimum atomic E-state index is -0.380. The number of nitrogen functional groups attached to an aromatic ring is 1. The normalized spacial score (nSPS) is 10.1. The molecular formula is C13H15N3O3. The summed E-state index contributed by atoms with van der Waals surface area (Å²) in [4.78, 5) is 11.7. The molecule has 0 fully saturated rings. The van der Waals surface area contributed by atoms with Crippen molar-refractivity contribution in [2.24, 2.45) is 5.84 Å². The number of benzene rings is 1. The first-order valence-electron chi connectivity index (χ1n) is 5.62. The summed E-state index contributed by atoms with van der Waals surface area (Å²) >= 11 is 0. The van der Waals surface area contributed by atoms with Crippen molar-refractivity contribution in [3.8, 4) is 17.2 Å². The highest BCUT2D eigenvalue weighted by molar-refractivity contribution is 5.93. The van der Waals surface area contributed by atoms with Crippen molar-refractivity contribution in [3.63, 3.8) is 0 Å². The predicted molar refractivity (Wildman–Crippen MR) is 70.5 cm³/mol. The largest absolute Gasteiger partial charge is 0.497 e. The number of methoxy groups -OCH3 is 2. The average Bonchev–Trinajstić information content (AvgIpc) is 2.94. The third-order valence-electron chi connectivity index (χ3n) is 2.76. The van der Waals surface area contributed by atoms with Crippen molar-refractivity contribution < 1.29 is 14.3 Å². The van der Waals surface area contributed by atoms with Crippen molar-refractivity contribution in [2.45, 2.75) is 0 Å². The fourth-order valence-corrected chi connectivity index (χ4v) is 1.83. The topological polar surface area (TPSA) is 78.5 Å². The van der Waals surface area contributed by atoms with E-state index in [1.165, 1.54) is 0 Å². The van der Waals surface area contributed by atoms with Gasteiger partial charge in [-0.05, 0) is 24.3 Å². The maximum atomic E-state index is 11.7. The lowest BCUT2D eigenvalue weighted by molar-refractivity contribution is 0.0947. The van der Waals surface area contributed by atoms with Crippen LogP contribution in [0.5, 0.6) is 11.5 Å². The molecule has 3 N–H and O–H groups in total. The number of amides is 1. The summed E-state index contributed by atoms with van der Waals surface area (Å²) in [7, 11) is 3.15. The SMILES string of the molecule is COc1ccc(OC)c(-n2cccc2C(=O)NN)c1. The molecule has 0 saturated carbocycles. The minimum absolute atomic E-state index is 0.380. The van der Waals surface area contributed by atoms with Gasteiger partial charge in [-0.2, -0.15) is 0 Å². The molecule has 0 unspecified atom stereocenters. The first-order valence-corrected chi connectivity index (χ1v) is 5.62. The van der Waals surface area contributed by atoms with Crippen molar-refractivity contribution in [3.05, 3.63) is 42.2 Å². The maximum Gasteiger partial charge on any atom is 0.282 e. The average molecular weight is 261 g/mol. The number of nitrogens with one attached hydrogen (secondary N) is 1. The van der Waals surface area contributed by atoms with Crippen LogP contribution >= 0.6 is 0 Å². The van der Waals surface area contributed by atoms with Gasteiger partial charge in [0, 0.05) is 12.3 Å². The van der Waals surface area contributed by atoms with E-state index in [2.05, 4.69) is 5.43 Å². The highest BCUT2D eigenvalue weighted by Gasteiger charge is 2.14. The van der Waals surface area contributed by atoms with Gasteiger partial charge in [0.1, 0.15) is 17.2 Å². The summed E-state index contributed by atoms with van der Waals surface area (Å²) in [6.45, 7) is 0. The van der Waals surface area contributed by atoms with E-state index in [1.54, 1.807) is 55.3 Å². The Kier molecular flexibility index (Phi) is 3.72. The van der Waals surface area contributed by atoms with Crippen LogP contribution in [-0.4, -0.2) is 24.7 Å². The number of hydrogen-bond donors (Lipinski definition) is 2. The van der Waals surface area contributed by atoms with E-state index in [-0.39, 0.29) is 5.91 Å². The van der Waals surface area contributed by atoms with E-state index < -0.39 is 0 Å². The van der Waals surface area contributed by atoms with E-state index >= 15 is 0 Å². The second-order valence-electron chi connectivity index (χ2n) is 3.77. The molecule has 2 aromatic rings. The molecule has 0 radical (unpaired) electrons. The zero-order chi connectivity index (χ0) is 13.8. The lowest BCUT2D eigenvalue weighted by atomic mass is 10.2. The molecule has 6 nitrogen and oxygen atoms in total. The molecule has 0 atom stereocenters. The number of aromatic nitrogens is 1. The van der Waals surface area contributed by atoms with Gasteiger partial charge in [-0.3, -0.25) is 10.2 Å². The van der Waals surface area contributed by atoms with E-state index in [4.69, 9.17) is 15.3 Å². The Balaban J connectivity index is 2.57. The number of rotatable bonds is 4. The first kappa shape index (κ1) is 13.0. The number of ether oxygens (including phenoxy) is 2. The second-order valence-corrected chi connectivity index (χ2v) is 3.77. The number of carbonyl (C=O) groups excluding carboxylic acids is 1. The van der Waals surface area contributed by atoms with Gasteiger partial charge in [0.25, 0.3) is 5.91 Å². The molecule has 0 saturated heterocycles. The number of hydrazine groups is 1. The lowest BCUT2D eigenvalue weighted by Gasteiger charge is -2.13. The predicted octanol–water partition coefficient (Wildman–Crippen LogP) is 1.10. The number of carbonyl (C=O) groups is 1. The van der Waals surface area contributed by atoms with Gasteiger partial charge in [0.15, 0.2) is 0 Å². The number of nitrogens with zero attached hydrogens (tertiary/aromatic N) is 1. The van der Waals surface area contributed by atoms with Crippen LogP contribution in [0.2, 0.25) is 0 Å². The van der Waals surface area contributed by atoms with Crippen molar-refractivity contribution in [1.82, 2.24) is 9.99 Å². The summed E-state index contributed by atoms with van der Waals surface area (Å²) in [5.74, 6) is 6.09. The Labute approximate surface area is 110 Å². The Morgan fingerprint density at radius 1 is 1.26 bits per heavy atom. The molecule has 1 heterocycles. The van der Waals surface area contributed by atoms with Gasteiger partial charge < -0.3 is 14.0 Å². The fraction of sp³-hybridized carbons (Fsp3) is 0.154. The summed E-state index contributed by atoms with van der Waals surface area (Å²) in [6, 6.07) is 8.77. The van der Waals surface area contributed by atoms with E-state index in [1.807, 2.05) is 0 Å². The maximum absolute atomic E-state index is 11.7. The van der Waals surface area contributed by atoms with Gasteiger partial charge in [-0.15, -0.1) is 0 Å². The molecule has 0 aliphatic carbocycles. The van der Waals surface area contributed by atoms with Crippen LogP contribution in [0, 0.1) is 0 Å². The van der Waals surface area contributed by atoms with Gasteiger partial charge in [0.2, 0.25) is 0 Å². The van der Waals surface area contributed by atoms with Crippen molar-refractivity contribution in [1.29, 1.82) is 0 Å². The lowest BCUT2D eigenvalue weighted by Crippen LogP contribution is -2.31. The Morgan fingerprint density at radius 3 is 2.68 bits per heavy atom. The molecule has 0 bridgehead atoms. The summed E-state index contributed by atoms with van der Waals surface area (Å²) in [6.07, 6.45) is 1.75. The van der Waals surface area contributed by atoms with Crippen molar-refractivity contribution >= 4 is 5.91 Å². The first-order chi connectivity index (χ1) is 9.21. The zero-order valence-corrected chi connectivity index (χ0v) is 10.7. The Hall–Kier alpha value is -2.47. The third kappa shape index (κ3) is 2.38. The molecule has 1 aromatic carbocycles. The summed E-state index contributed by atoms with van der Waals surface area (Å²) < 4.78 is 12.2. The van der Waals surface area contributed by atoms with Crippen molar-refractivity contribution in [2.75, 3.05) is 14.2 Å². The summed E-state index contributed by atoms with van der Waals surface area (Å²) in [5.41, 5.74) is 3.22. The van der Waals surface area contributed by atoms with Crippen LogP contribution in [0.4, 0.5) is 0 Å². The minimum Gasteiger partial charge on any atom is -0.497 e. The molecule has 19 heavy (non-hydrogen) atoms. The monoisotopic (exact) mass is 261 g/mol. The molecule has 6 heteroatoms. The van der Waals surface area contributed by atoms with Gasteiger partial charge in [-0.25, -0.2) is 5.84 Å². The summed E-state index contributed by atoms with van der Waals surface area (Å²) in [5, 5.41) is 0. The second kappa shape index (κ2) is 5.45. The van der Waals surface area contributed by atoms with Crippen LogP contribution in [0.15, 0.2) is 36.5 Å². The fourth-order valence-electron chi connectivity index (χ4n) is 1.83. The standard InChI is InChI=1S/C13H15N3O3/c1-18-9-5-6-12(19-2)11(8-9)16-7-3-4-10(16)13(17)15-14/h3-8H,14H2,1-2H3,(H,15,17). The van der Waals surface area contributed by atoms with Gasteiger partial charge in [-0.1, -0.05) is 0 Å². The molecule has 0 spiro atoms. The van der Waals surface area contributed by atoms with Crippen LogP contribution in [0.3, 0.4) is 0 Å². The van der Waals surface area contributed by atoms with E-state index in [0.29, 0.717) is 22.9 Å². The molecule has 0 aliphatic rings. The molecule has 2 rings (SSSR count).